The quantitative estimate of drug-likeness (QED) is 0.340. The van der Waals surface area contributed by atoms with Gasteiger partial charge < -0.3 is 20.5 Å². The molecule has 2 aromatic rings. The van der Waals surface area contributed by atoms with Crippen molar-refractivity contribution in [1.29, 1.82) is 0 Å². The Hall–Kier alpha value is -4.21. The predicted molar refractivity (Wildman–Crippen MR) is 107 cm³/mol. The van der Waals surface area contributed by atoms with Crippen LogP contribution in [-0.2, 0) is 9.59 Å². The highest BCUT2D eigenvalue weighted by Gasteiger charge is 2.20. The lowest BCUT2D eigenvalue weighted by Gasteiger charge is -2.13. The first-order valence-corrected chi connectivity index (χ1v) is 8.66. The summed E-state index contributed by atoms with van der Waals surface area (Å²) in [6.07, 6.45) is 1.22. The van der Waals surface area contributed by atoms with E-state index in [1.54, 1.807) is 12.1 Å². The maximum atomic E-state index is 12.5. The molecule has 0 bridgehead atoms. The molecule has 0 spiro atoms. The van der Waals surface area contributed by atoms with Gasteiger partial charge in [-0.05, 0) is 42.8 Å². The standard InChI is InChI=1S/C20H19N3O7/c1-12(20(26)27)21-19(25)17(11-13-4-3-5-15(10-13)23(28)29)22-18(24)14-6-8-16(30-2)9-7-14/h3-12H,1-2H3,(H,21,25)(H,22,24)(H,26,27)/b17-11-/t12-/m0/s1. The molecule has 0 fully saturated rings. The van der Waals surface area contributed by atoms with Crippen LogP contribution >= 0.6 is 0 Å². The molecule has 2 amide bonds. The summed E-state index contributed by atoms with van der Waals surface area (Å²) in [5.41, 5.74) is 0.0143. The van der Waals surface area contributed by atoms with Gasteiger partial charge in [0.1, 0.15) is 17.5 Å². The summed E-state index contributed by atoms with van der Waals surface area (Å²) >= 11 is 0. The number of hydrogen-bond acceptors (Lipinski definition) is 6. The number of nitro groups is 1. The van der Waals surface area contributed by atoms with Gasteiger partial charge in [-0.15, -0.1) is 0 Å². The topological polar surface area (TPSA) is 148 Å². The van der Waals surface area contributed by atoms with Crippen molar-refractivity contribution in [2.75, 3.05) is 7.11 Å². The number of rotatable bonds is 8. The summed E-state index contributed by atoms with van der Waals surface area (Å²) in [6.45, 7) is 1.26. The third kappa shape index (κ3) is 5.89. The minimum Gasteiger partial charge on any atom is -0.497 e. The molecule has 1 atom stereocenters. The molecule has 0 aliphatic heterocycles. The summed E-state index contributed by atoms with van der Waals surface area (Å²) in [7, 11) is 1.48. The first-order valence-electron chi connectivity index (χ1n) is 8.66. The van der Waals surface area contributed by atoms with E-state index in [-0.39, 0.29) is 22.5 Å². The Bertz CT molecular complexity index is 1000. The van der Waals surface area contributed by atoms with Crippen LogP contribution in [0.25, 0.3) is 6.08 Å². The van der Waals surface area contributed by atoms with Crippen molar-refractivity contribution in [3.8, 4) is 5.75 Å². The number of ether oxygens (including phenoxy) is 1. The molecule has 2 aromatic carbocycles. The normalized spacial score (nSPS) is 11.9. The van der Waals surface area contributed by atoms with Crippen LogP contribution in [0.3, 0.4) is 0 Å². The minimum absolute atomic E-state index is 0.205. The van der Waals surface area contributed by atoms with Crippen molar-refractivity contribution >= 4 is 29.5 Å². The van der Waals surface area contributed by atoms with Gasteiger partial charge in [-0.2, -0.15) is 0 Å². The number of carbonyl (C=O) groups excluding carboxylic acids is 2. The fraction of sp³-hybridized carbons (Fsp3) is 0.150. The number of benzene rings is 2. The van der Waals surface area contributed by atoms with Gasteiger partial charge in [0, 0.05) is 17.7 Å². The lowest BCUT2D eigenvalue weighted by Crippen LogP contribution is -2.42. The number of nitro benzene ring substituents is 1. The number of nitrogens with zero attached hydrogens (tertiary/aromatic N) is 1. The molecule has 0 aliphatic carbocycles. The Morgan fingerprint density at radius 3 is 2.40 bits per heavy atom. The fourth-order valence-corrected chi connectivity index (χ4v) is 2.33. The van der Waals surface area contributed by atoms with Gasteiger partial charge in [0.15, 0.2) is 0 Å². The Balaban J connectivity index is 2.35. The summed E-state index contributed by atoms with van der Waals surface area (Å²) in [5, 5.41) is 24.6. The number of aliphatic carboxylic acids is 1. The third-order valence-electron chi connectivity index (χ3n) is 3.96. The van der Waals surface area contributed by atoms with Crippen LogP contribution < -0.4 is 15.4 Å². The number of methoxy groups -OCH3 is 1. The Labute approximate surface area is 171 Å². The zero-order valence-corrected chi connectivity index (χ0v) is 16.1. The largest absolute Gasteiger partial charge is 0.497 e. The van der Waals surface area contributed by atoms with Crippen LogP contribution in [-0.4, -0.2) is 41.0 Å². The molecule has 0 heterocycles. The van der Waals surface area contributed by atoms with Crippen LogP contribution in [0, 0.1) is 10.1 Å². The fourth-order valence-electron chi connectivity index (χ4n) is 2.33. The van der Waals surface area contributed by atoms with E-state index in [0.29, 0.717) is 5.75 Å². The van der Waals surface area contributed by atoms with Gasteiger partial charge in [0.2, 0.25) is 0 Å². The summed E-state index contributed by atoms with van der Waals surface area (Å²) in [6, 6.07) is 10.3. The van der Waals surface area contributed by atoms with Gasteiger partial charge in [-0.3, -0.25) is 24.5 Å². The van der Waals surface area contributed by atoms with E-state index in [2.05, 4.69) is 10.6 Å². The minimum atomic E-state index is -1.26. The van der Waals surface area contributed by atoms with E-state index in [1.165, 1.54) is 56.5 Å². The molecular weight excluding hydrogens is 394 g/mol. The molecule has 3 N–H and O–H groups in total. The first kappa shape index (κ1) is 22.1. The second-order valence-corrected chi connectivity index (χ2v) is 6.13. The van der Waals surface area contributed by atoms with Gasteiger partial charge in [-0.1, -0.05) is 12.1 Å². The molecule has 0 radical (unpaired) electrons. The van der Waals surface area contributed by atoms with Gasteiger partial charge in [0.25, 0.3) is 17.5 Å². The molecule has 0 saturated carbocycles. The molecule has 156 valence electrons. The molecule has 0 saturated heterocycles. The average molecular weight is 413 g/mol. The number of non-ortho nitro benzene ring substituents is 1. The SMILES string of the molecule is COc1ccc(C(=O)N/C(=C\c2cccc([N+](=O)[O-])c2)C(=O)N[C@@H](C)C(=O)O)cc1. The molecule has 30 heavy (non-hydrogen) atoms. The van der Waals surface area contributed by atoms with E-state index in [9.17, 15) is 24.5 Å². The van der Waals surface area contributed by atoms with Crippen molar-refractivity contribution in [2.24, 2.45) is 0 Å². The average Bonchev–Trinajstić information content (AvgIpc) is 2.73. The van der Waals surface area contributed by atoms with E-state index in [1.807, 2.05) is 0 Å². The number of hydrogen-bond donors (Lipinski definition) is 3. The Morgan fingerprint density at radius 2 is 1.83 bits per heavy atom. The number of amides is 2. The van der Waals surface area contributed by atoms with Crippen LogP contribution in [0.5, 0.6) is 5.75 Å². The monoisotopic (exact) mass is 413 g/mol. The number of carbonyl (C=O) groups is 3. The van der Waals surface area contributed by atoms with E-state index in [4.69, 9.17) is 9.84 Å². The molecule has 10 heteroatoms. The number of nitrogens with one attached hydrogen (secondary N) is 2. The smallest absolute Gasteiger partial charge is 0.325 e. The highest BCUT2D eigenvalue weighted by molar-refractivity contribution is 6.06. The molecule has 0 unspecified atom stereocenters. The molecule has 0 aliphatic rings. The van der Waals surface area contributed by atoms with Crippen molar-refractivity contribution in [3.05, 3.63) is 75.5 Å². The van der Waals surface area contributed by atoms with Crippen LogP contribution in [0.2, 0.25) is 0 Å². The lowest BCUT2D eigenvalue weighted by atomic mass is 10.1. The highest BCUT2D eigenvalue weighted by Crippen LogP contribution is 2.16. The predicted octanol–water partition coefficient (Wildman–Crippen LogP) is 1.96. The van der Waals surface area contributed by atoms with E-state index in [0.717, 1.165) is 0 Å². The maximum absolute atomic E-state index is 12.5. The van der Waals surface area contributed by atoms with Gasteiger partial charge >= 0.3 is 5.97 Å². The summed E-state index contributed by atoms with van der Waals surface area (Å²) in [5.74, 6) is -2.22. The molecular formula is C20H19N3O7. The van der Waals surface area contributed by atoms with Crippen LogP contribution in [0.1, 0.15) is 22.8 Å². The third-order valence-corrected chi connectivity index (χ3v) is 3.96. The first-order chi connectivity index (χ1) is 14.2. The summed E-state index contributed by atoms with van der Waals surface area (Å²) < 4.78 is 5.03. The van der Waals surface area contributed by atoms with Crippen molar-refractivity contribution in [3.63, 3.8) is 0 Å². The number of carboxylic acid groups (broad SMARTS) is 1. The van der Waals surface area contributed by atoms with Crippen LogP contribution in [0.15, 0.2) is 54.2 Å². The highest BCUT2D eigenvalue weighted by atomic mass is 16.6. The van der Waals surface area contributed by atoms with Crippen molar-refractivity contribution in [2.45, 2.75) is 13.0 Å². The van der Waals surface area contributed by atoms with E-state index >= 15 is 0 Å². The Morgan fingerprint density at radius 1 is 1.17 bits per heavy atom. The molecule has 10 nitrogen and oxygen atoms in total. The maximum Gasteiger partial charge on any atom is 0.325 e. The molecule has 0 aromatic heterocycles. The Kier molecular flexibility index (Phi) is 7.23. The van der Waals surface area contributed by atoms with Crippen molar-refractivity contribution < 1.29 is 29.2 Å². The van der Waals surface area contributed by atoms with Crippen molar-refractivity contribution in [1.82, 2.24) is 10.6 Å². The van der Waals surface area contributed by atoms with Crippen LogP contribution in [0.4, 0.5) is 5.69 Å². The second kappa shape index (κ2) is 9.82. The lowest BCUT2D eigenvalue weighted by molar-refractivity contribution is -0.384. The van der Waals surface area contributed by atoms with E-state index < -0.39 is 28.7 Å². The van der Waals surface area contributed by atoms with Gasteiger partial charge in [-0.25, -0.2) is 0 Å². The van der Waals surface area contributed by atoms with Gasteiger partial charge in [0.05, 0.1) is 12.0 Å². The molecule has 2 rings (SSSR count). The number of carboxylic acids is 1. The zero-order valence-electron chi connectivity index (χ0n) is 16.1. The summed E-state index contributed by atoms with van der Waals surface area (Å²) in [4.78, 5) is 46.5. The second-order valence-electron chi connectivity index (χ2n) is 6.13. The zero-order chi connectivity index (χ0) is 22.3.